The summed E-state index contributed by atoms with van der Waals surface area (Å²) >= 11 is 5.01. The average Bonchev–Trinajstić information content (AvgIpc) is 4.10. The van der Waals surface area contributed by atoms with Crippen LogP contribution in [0.3, 0.4) is 0 Å². The van der Waals surface area contributed by atoms with Crippen LogP contribution in [0.15, 0.2) is 143 Å². The second-order valence-corrected chi connectivity index (χ2v) is 23.2. The van der Waals surface area contributed by atoms with Gasteiger partial charge in [-0.2, -0.15) is 0 Å². The Hall–Kier alpha value is -4.63. The predicted molar refractivity (Wildman–Crippen MR) is 262 cm³/mol. The molecule has 2 unspecified atom stereocenters. The molecule has 2 atom stereocenters. The minimum absolute atomic E-state index is 0.0169. The van der Waals surface area contributed by atoms with E-state index in [2.05, 4.69) is 172 Å². The van der Waals surface area contributed by atoms with E-state index in [1.54, 1.807) is 40.6 Å². The van der Waals surface area contributed by atoms with Crippen LogP contribution < -0.4 is 25.7 Å². The van der Waals surface area contributed by atoms with Crippen molar-refractivity contribution in [1.29, 1.82) is 0 Å². The molecule has 62 heavy (non-hydrogen) atoms. The van der Waals surface area contributed by atoms with Crippen molar-refractivity contribution in [2.75, 3.05) is 22.9 Å². The third-order valence-electron chi connectivity index (χ3n) is 11.9. The molecule has 1 aliphatic carbocycles. The first kappa shape index (κ1) is 44.0. The number of amides is 2. The van der Waals surface area contributed by atoms with Gasteiger partial charge in [-0.25, -0.2) is 0 Å². The maximum atomic E-state index is 14.7. The number of fused-ring (bicyclic) bond motifs is 2. The van der Waals surface area contributed by atoms with Gasteiger partial charge in [-0.15, -0.1) is 0 Å². The number of allylic oxidation sites excluding steroid dienone is 7. The molecular weight excluding hydrogens is 994 g/mol. The van der Waals surface area contributed by atoms with Crippen LogP contribution in [0, 0.1) is 28.0 Å². The molecule has 3 aromatic carbocycles. The summed E-state index contributed by atoms with van der Waals surface area (Å²) in [5.41, 5.74) is 5.53. The number of carbonyl (C=O) groups is 2. The van der Waals surface area contributed by atoms with Crippen LogP contribution >= 0.6 is 29.9 Å². The standard InChI is InChI=1S/C54H53N2O2PS2.Os/c1-8-20-45-32-47-51(60-45)49(53(57)55(47)34-36(3)4)50-52-48(56(54(50)58)35-37(5)6)33-46(61-52)30-29-40(31-41-22-19-21-39(41)9-2)38(7)59(42-23-13-10-14-24-42,43-25-15-11-16-26-43)44-27-17-12-18-28-44;/h8-18,20,23-28,31-33,36-37,49-50H,19,21-22,34-35H2,1-6H3;/q+1;/b20-8+,39-9?,40-38?,41-31?;. The number of hydrogen-bond donors (Lipinski definition) is 0. The molecule has 315 valence electrons. The normalized spacial score (nSPS) is 19.2. The molecule has 8 rings (SSSR count). The van der Waals surface area contributed by atoms with Crippen molar-refractivity contribution >= 4 is 75.1 Å². The van der Waals surface area contributed by atoms with E-state index in [1.165, 1.54) is 27.1 Å². The van der Waals surface area contributed by atoms with Crippen LogP contribution in [0.25, 0.3) is 6.08 Å². The van der Waals surface area contributed by atoms with Gasteiger partial charge in [0.15, 0.2) is 0 Å². The van der Waals surface area contributed by atoms with Crippen molar-refractivity contribution in [1.82, 2.24) is 0 Å². The van der Waals surface area contributed by atoms with Gasteiger partial charge in [-0.05, 0) is 25.0 Å². The Kier molecular flexibility index (Phi) is 13.5. The van der Waals surface area contributed by atoms with Crippen molar-refractivity contribution in [3.8, 4) is 16.2 Å². The number of anilines is 2. The van der Waals surface area contributed by atoms with E-state index in [9.17, 15) is 9.59 Å². The number of thiophene rings is 2. The van der Waals surface area contributed by atoms with Gasteiger partial charge in [0.25, 0.3) is 0 Å². The number of benzene rings is 3. The molecule has 4 heterocycles. The fourth-order valence-electron chi connectivity index (χ4n) is 9.31. The van der Waals surface area contributed by atoms with Crippen molar-refractivity contribution in [3.63, 3.8) is 0 Å². The molecule has 8 heteroatoms. The van der Waals surface area contributed by atoms with Gasteiger partial charge in [0.05, 0.1) is 0 Å². The second-order valence-electron chi connectivity index (χ2n) is 17.0. The summed E-state index contributed by atoms with van der Waals surface area (Å²) in [5, 5.41) is 4.87. The topological polar surface area (TPSA) is 40.6 Å². The number of hydrogen-bond acceptors (Lipinski definition) is 4. The van der Waals surface area contributed by atoms with Crippen LogP contribution in [0.5, 0.6) is 0 Å². The molecule has 0 saturated heterocycles. The number of rotatable bonds is 11. The van der Waals surface area contributed by atoms with Crippen LogP contribution in [0.4, 0.5) is 11.4 Å². The minimum atomic E-state index is -2.53. The number of nitrogens with zero attached hydrogens (tertiary/aromatic N) is 2. The molecule has 3 aliphatic rings. The first-order valence-corrected chi connectivity index (χ1v) is 26.4. The van der Waals surface area contributed by atoms with Crippen LogP contribution in [-0.4, -0.2) is 24.9 Å². The zero-order chi connectivity index (χ0) is 43.5. The molecule has 0 N–H and O–H groups in total. The van der Waals surface area contributed by atoms with E-state index < -0.39 is 19.1 Å². The summed E-state index contributed by atoms with van der Waals surface area (Å²) in [6, 6.07) is 37.1. The molecule has 0 radical (unpaired) electrons. The quantitative estimate of drug-likeness (QED) is 0.0977. The monoisotopic (exact) mass is 1050 g/mol. The van der Waals surface area contributed by atoms with Gasteiger partial charge in [-0.1, -0.05) is 19.9 Å². The average molecular weight is 1050 g/mol. The summed E-state index contributed by atoms with van der Waals surface area (Å²) in [4.78, 5) is 37.1. The Morgan fingerprint density at radius 1 is 0.742 bits per heavy atom. The zero-order valence-electron chi connectivity index (χ0n) is 36.3. The van der Waals surface area contributed by atoms with E-state index >= 15 is 0 Å². The first-order chi connectivity index (χ1) is 30.1. The third-order valence-corrected chi connectivity index (χ3v) is 19.5. The van der Waals surface area contributed by atoms with Gasteiger partial charge in [-0.3, -0.25) is 0 Å². The molecule has 0 bridgehead atoms. The Balaban J connectivity index is 1.34. The van der Waals surface area contributed by atoms with E-state index in [4.69, 9.17) is 0 Å². The first-order valence-electron chi connectivity index (χ1n) is 21.7. The molecule has 1 saturated carbocycles. The van der Waals surface area contributed by atoms with Crippen LogP contribution in [0.2, 0.25) is 0 Å². The summed E-state index contributed by atoms with van der Waals surface area (Å²) in [5.74, 6) is 6.91. The Morgan fingerprint density at radius 3 is 1.73 bits per heavy atom. The Labute approximate surface area is 386 Å². The van der Waals surface area contributed by atoms with E-state index in [0.29, 0.717) is 13.1 Å². The fourth-order valence-corrected chi connectivity index (χ4v) is 17.5. The van der Waals surface area contributed by atoms with Crippen molar-refractivity contribution in [3.05, 3.63) is 163 Å². The predicted octanol–water partition coefficient (Wildman–Crippen LogP) is 11.9. The van der Waals surface area contributed by atoms with E-state index in [1.807, 2.05) is 22.8 Å². The van der Waals surface area contributed by atoms with Crippen molar-refractivity contribution < 1.29 is 27.5 Å². The fraction of sp³-hybridized carbons (Fsp3) is 0.278. The molecule has 1 fully saturated rings. The summed E-state index contributed by atoms with van der Waals surface area (Å²) in [7, 11) is -2.53. The maximum absolute atomic E-state index is 14.7. The Bertz CT molecular complexity index is 2630. The van der Waals surface area contributed by atoms with Crippen LogP contribution in [-0.2, 0) is 27.5 Å². The van der Waals surface area contributed by atoms with E-state index in [-0.39, 0.29) is 23.7 Å². The summed E-state index contributed by atoms with van der Waals surface area (Å²) < 4.78 is 3.84. The molecule has 5 aromatic rings. The molecule has 4 nitrogen and oxygen atoms in total. The molecule has 2 aromatic heterocycles. The van der Waals surface area contributed by atoms with Crippen molar-refractivity contribution in [2.45, 2.75) is 72.6 Å². The SMILES string of the molecule is CC=C1CCCC1=CC(C#Cc1cc2c(s1)C(C1C(=O)N(CC(C)C)c3cc(/C=C/C)sc31)C(=O)N2CC(C)C)=C([C]#[Os])[P+](c1ccccc1)(c1ccccc1)c1ccccc1. The van der Waals surface area contributed by atoms with Gasteiger partial charge in [0, 0.05) is 11.4 Å². The molecule has 0 spiro atoms. The molecular formula is C54H53N2O2OsPS2+. The number of carbonyl (C=O) groups excluding carboxylic acids is 2. The van der Waals surface area contributed by atoms with Gasteiger partial charge in [0.2, 0.25) is 0 Å². The molecule has 2 aliphatic heterocycles. The van der Waals surface area contributed by atoms with Gasteiger partial charge < -0.3 is 0 Å². The summed E-state index contributed by atoms with van der Waals surface area (Å²) in [6.07, 6.45) is 11.9. The van der Waals surface area contributed by atoms with Gasteiger partial charge >= 0.3 is 333 Å². The van der Waals surface area contributed by atoms with Gasteiger partial charge in [0.1, 0.15) is 0 Å². The van der Waals surface area contributed by atoms with E-state index in [0.717, 1.165) is 61.0 Å². The summed E-state index contributed by atoms with van der Waals surface area (Å²) in [6.45, 7) is 13.9. The zero-order valence-corrected chi connectivity index (χ0v) is 41.4. The second kappa shape index (κ2) is 19.0. The van der Waals surface area contributed by atoms with Crippen LogP contribution in [0.1, 0.15) is 92.1 Å². The van der Waals surface area contributed by atoms with Crippen molar-refractivity contribution in [2.24, 2.45) is 11.8 Å². The molecule has 2 amide bonds. The Morgan fingerprint density at radius 2 is 1.24 bits per heavy atom. The third kappa shape index (κ3) is 8.19.